The molecule has 5 heteroatoms. The quantitative estimate of drug-likeness (QED) is 0.765. The number of nitrogens with one attached hydrogen (secondary N) is 1. The van der Waals surface area contributed by atoms with E-state index >= 15 is 0 Å². The molecule has 0 aliphatic rings. The number of nitrogens with zero attached hydrogens (tertiary/aromatic N) is 1. The molecular weight excluding hydrogens is 372 g/mol. The zero-order chi connectivity index (χ0) is 14.4. The van der Waals surface area contributed by atoms with Gasteiger partial charge in [0.25, 0.3) is 0 Å². The minimum Gasteiger partial charge on any atom is -0.492 e. The highest BCUT2D eigenvalue weighted by molar-refractivity contribution is 9.11. The van der Waals surface area contributed by atoms with Crippen LogP contribution < -0.4 is 10.1 Å². The number of hydrogen-bond acceptors (Lipinski definition) is 3. The number of likely N-dealkylation sites (N-methyl/N-ethyl adjacent to an activating group) is 1. The third-order valence-electron chi connectivity index (χ3n) is 2.65. The predicted molar refractivity (Wildman–Crippen MR) is 87.9 cm³/mol. The highest BCUT2D eigenvalue weighted by Gasteiger charge is 2.11. The Morgan fingerprint density at radius 2 is 2.00 bits per heavy atom. The Labute approximate surface area is 133 Å². The van der Waals surface area contributed by atoms with Gasteiger partial charge >= 0.3 is 0 Å². The second kappa shape index (κ2) is 8.25. The molecule has 0 spiro atoms. The van der Waals surface area contributed by atoms with Crippen molar-refractivity contribution >= 4 is 31.9 Å². The fourth-order valence-corrected chi connectivity index (χ4v) is 3.38. The maximum Gasteiger partial charge on any atom is 0.138 e. The standard InChI is InChI=1S/C14H22Br2N2O/c1-5-19-14-11(6-12(15)7-13(14)16)8-17-10(2)9-18(3)4/h6-7,10,17H,5,8-9H2,1-4H3. The summed E-state index contributed by atoms with van der Waals surface area (Å²) in [6.45, 7) is 6.66. The summed E-state index contributed by atoms with van der Waals surface area (Å²) in [5.74, 6) is 0.926. The molecule has 0 bridgehead atoms. The molecule has 0 saturated heterocycles. The minimum absolute atomic E-state index is 0.433. The monoisotopic (exact) mass is 392 g/mol. The zero-order valence-electron chi connectivity index (χ0n) is 12.0. The summed E-state index contributed by atoms with van der Waals surface area (Å²) in [7, 11) is 4.17. The Bertz CT molecular complexity index is 411. The number of halogens is 2. The van der Waals surface area contributed by atoms with E-state index in [1.807, 2.05) is 13.0 Å². The fourth-order valence-electron chi connectivity index (χ4n) is 1.95. The smallest absolute Gasteiger partial charge is 0.138 e. The van der Waals surface area contributed by atoms with E-state index in [2.05, 4.69) is 69.2 Å². The summed E-state index contributed by atoms with van der Waals surface area (Å²) in [4.78, 5) is 2.18. The van der Waals surface area contributed by atoms with Gasteiger partial charge in [0, 0.05) is 29.2 Å². The van der Waals surface area contributed by atoms with Crippen LogP contribution in [0.4, 0.5) is 0 Å². The number of benzene rings is 1. The lowest BCUT2D eigenvalue weighted by Gasteiger charge is -2.20. The van der Waals surface area contributed by atoms with Crippen molar-refractivity contribution in [3.63, 3.8) is 0 Å². The van der Waals surface area contributed by atoms with Crippen molar-refractivity contribution in [2.24, 2.45) is 0 Å². The Morgan fingerprint density at radius 1 is 1.32 bits per heavy atom. The van der Waals surface area contributed by atoms with E-state index in [0.29, 0.717) is 12.6 Å². The van der Waals surface area contributed by atoms with Crippen LogP contribution in [-0.2, 0) is 6.54 Å². The normalized spacial score (nSPS) is 12.8. The average molecular weight is 394 g/mol. The SMILES string of the molecule is CCOc1c(Br)cc(Br)cc1CNC(C)CN(C)C. The van der Waals surface area contributed by atoms with Gasteiger partial charge in [-0.3, -0.25) is 0 Å². The molecule has 0 saturated carbocycles. The predicted octanol–water partition coefficient (Wildman–Crippen LogP) is 3.65. The largest absolute Gasteiger partial charge is 0.492 e. The fraction of sp³-hybridized carbons (Fsp3) is 0.571. The second-order valence-electron chi connectivity index (χ2n) is 4.85. The third kappa shape index (κ3) is 5.81. The van der Waals surface area contributed by atoms with Gasteiger partial charge in [0.2, 0.25) is 0 Å². The van der Waals surface area contributed by atoms with Crippen LogP contribution in [0.25, 0.3) is 0 Å². The molecule has 0 heterocycles. The van der Waals surface area contributed by atoms with Gasteiger partial charge < -0.3 is 15.0 Å². The molecule has 19 heavy (non-hydrogen) atoms. The molecule has 0 aromatic heterocycles. The molecule has 0 aliphatic heterocycles. The van der Waals surface area contributed by atoms with Crippen LogP contribution in [0, 0.1) is 0 Å². The molecule has 0 fully saturated rings. The molecular formula is C14H22Br2N2O. The van der Waals surface area contributed by atoms with Gasteiger partial charge in [-0.25, -0.2) is 0 Å². The molecule has 3 nitrogen and oxygen atoms in total. The van der Waals surface area contributed by atoms with Gasteiger partial charge in [0.1, 0.15) is 5.75 Å². The van der Waals surface area contributed by atoms with Crippen molar-refractivity contribution < 1.29 is 4.74 Å². The van der Waals surface area contributed by atoms with E-state index in [4.69, 9.17) is 4.74 Å². The van der Waals surface area contributed by atoms with Crippen LogP contribution in [0.1, 0.15) is 19.4 Å². The van der Waals surface area contributed by atoms with Crippen LogP contribution >= 0.6 is 31.9 Å². The van der Waals surface area contributed by atoms with E-state index in [1.165, 1.54) is 0 Å². The lowest BCUT2D eigenvalue weighted by molar-refractivity contribution is 0.327. The van der Waals surface area contributed by atoms with E-state index in [9.17, 15) is 0 Å². The molecule has 0 amide bonds. The first-order valence-electron chi connectivity index (χ1n) is 6.42. The maximum atomic E-state index is 5.72. The zero-order valence-corrected chi connectivity index (χ0v) is 15.1. The maximum absolute atomic E-state index is 5.72. The number of rotatable bonds is 7. The van der Waals surface area contributed by atoms with E-state index < -0.39 is 0 Å². The van der Waals surface area contributed by atoms with Crippen LogP contribution in [-0.4, -0.2) is 38.2 Å². The second-order valence-corrected chi connectivity index (χ2v) is 6.62. The Morgan fingerprint density at radius 3 is 2.58 bits per heavy atom. The first kappa shape index (κ1) is 17.0. The van der Waals surface area contributed by atoms with Crippen LogP contribution in [0.15, 0.2) is 21.1 Å². The van der Waals surface area contributed by atoms with Crippen molar-refractivity contribution in [1.29, 1.82) is 0 Å². The number of ether oxygens (including phenoxy) is 1. The molecule has 0 radical (unpaired) electrons. The summed E-state index contributed by atoms with van der Waals surface area (Å²) >= 11 is 7.08. The van der Waals surface area contributed by atoms with Crippen LogP contribution in [0.3, 0.4) is 0 Å². The molecule has 1 aromatic carbocycles. The first-order valence-corrected chi connectivity index (χ1v) is 8.01. The molecule has 1 unspecified atom stereocenters. The Kier molecular flexibility index (Phi) is 7.36. The van der Waals surface area contributed by atoms with Crippen molar-refractivity contribution in [2.45, 2.75) is 26.4 Å². The average Bonchev–Trinajstić information content (AvgIpc) is 2.29. The van der Waals surface area contributed by atoms with Gasteiger partial charge in [-0.15, -0.1) is 0 Å². The summed E-state index contributed by atoms with van der Waals surface area (Å²) < 4.78 is 7.76. The van der Waals surface area contributed by atoms with Gasteiger partial charge in [-0.05, 0) is 56.0 Å². The molecule has 108 valence electrons. The summed E-state index contributed by atoms with van der Waals surface area (Å²) in [6.07, 6.45) is 0. The topological polar surface area (TPSA) is 24.5 Å². The molecule has 1 atom stereocenters. The summed E-state index contributed by atoms with van der Waals surface area (Å²) in [6, 6.07) is 4.55. The third-order valence-corrected chi connectivity index (χ3v) is 3.70. The molecule has 1 rings (SSSR count). The lowest BCUT2D eigenvalue weighted by atomic mass is 10.2. The van der Waals surface area contributed by atoms with Gasteiger partial charge in [-0.1, -0.05) is 15.9 Å². The van der Waals surface area contributed by atoms with Crippen molar-refractivity contribution in [2.75, 3.05) is 27.2 Å². The first-order chi connectivity index (χ1) is 8.93. The lowest BCUT2D eigenvalue weighted by Crippen LogP contribution is -2.35. The van der Waals surface area contributed by atoms with Crippen LogP contribution in [0.5, 0.6) is 5.75 Å². The van der Waals surface area contributed by atoms with Crippen molar-refractivity contribution in [3.8, 4) is 5.75 Å². The molecule has 1 aromatic rings. The highest BCUT2D eigenvalue weighted by atomic mass is 79.9. The van der Waals surface area contributed by atoms with E-state index in [-0.39, 0.29) is 0 Å². The van der Waals surface area contributed by atoms with Crippen molar-refractivity contribution in [1.82, 2.24) is 10.2 Å². The van der Waals surface area contributed by atoms with E-state index in [1.54, 1.807) is 0 Å². The Hall–Kier alpha value is -0.100. The summed E-state index contributed by atoms with van der Waals surface area (Å²) in [5, 5.41) is 3.52. The van der Waals surface area contributed by atoms with Crippen molar-refractivity contribution in [3.05, 3.63) is 26.6 Å². The van der Waals surface area contributed by atoms with Gasteiger partial charge in [0.05, 0.1) is 11.1 Å². The molecule has 0 aliphatic carbocycles. The number of hydrogen-bond donors (Lipinski definition) is 1. The van der Waals surface area contributed by atoms with Crippen LogP contribution in [0.2, 0.25) is 0 Å². The highest BCUT2D eigenvalue weighted by Crippen LogP contribution is 2.33. The Balaban J connectivity index is 2.76. The van der Waals surface area contributed by atoms with Gasteiger partial charge in [0.15, 0.2) is 0 Å². The van der Waals surface area contributed by atoms with Gasteiger partial charge in [-0.2, -0.15) is 0 Å². The summed E-state index contributed by atoms with van der Waals surface area (Å²) in [5.41, 5.74) is 1.16. The van der Waals surface area contributed by atoms with E-state index in [0.717, 1.165) is 33.3 Å². The minimum atomic E-state index is 0.433. The molecule has 1 N–H and O–H groups in total.